The molecular formula is C20H29N3O4. The van der Waals surface area contributed by atoms with E-state index in [1.807, 2.05) is 20.8 Å². The number of carbonyl (C=O) groups excluding carboxylic acids is 3. The molecule has 0 aromatic heterocycles. The Hall–Kier alpha value is -2.70. The number of carbonyl (C=O) groups is 3. The standard InChI is InChI=1S/C20H29N3O4/c1-6-8-17(24)21-16-11-9-15(10-12-16)19(25)23-22-14(5)18(13(3)4)20(26)27-7-2/h9-13,18H,6-8H2,1-5H3,(H,21,24)(H,23,25)/b22-14+. The summed E-state index contributed by atoms with van der Waals surface area (Å²) in [7, 11) is 0. The second-order valence-corrected chi connectivity index (χ2v) is 6.54. The topological polar surface area (TPSA) is 96.9 Å². The molecule has 1 rings (SSSR count). The van der Waals surface area contributed by atoms with Gasteiger partial charge < -0.3 is 10.1 Å². The highest BCUT2D eigenvalue weighted by molar-refractivity contribution is 6.02. The van der Waals surface area contributed by atoms with E-state index >= 15 is 0 Å². The Morgan fingerprint density at radius 1 is 1.11 bits per heavy atom. The molecule has 1 unspecified atom stereocenters. The maximum absolute atomic E-state index is 12.3. The Morgan fingerprint density at radius 3 is 2.26 bits per heavy atom. The largest absolute Gasteiger partial charge is 0.465 e. The number of amides is 2. The van der Waals surface area contributed by atoms with Gasteiger partial charge in [0, 0.05) is 23.4 Å². The van der Waals surface area contributed by atoms with Crippen LogP contribution in [-0.2, 0) is 14.3 Å². The van der Waals surface area contributed by atoms with Crippen molar-refractivity contribution in [3.05, 3.63) is 29.8 Å². The number of nitrogens with zero attached hydrogens (tertiary/aromatic N) is 1. The van der Waals surface area contributed by atoms with Crippen LogP contribution in [0.25, 0.3) is 0 Å². The smallest absolute Gasteiger partial charge is 0.314 e. The average molecular weight is 375 g/mol. The number of benzene rings is 1. The van der Waals surface area contributed by atoms with Gasteiger partial charge >= 0.3 is 5.97 Å². The summed E-state index contributed by atoms with van der Waals surface area (Å²) in [6, 6.07) is 6.53. The lowest BCUT2D eigenvalue weighted by molar-refractivity contribution is -0.146. The average Bonchev–Trinajstić information content (AvgIpc) is 2.60. The van der Waals surface area contributed by atoms with Gasteiger partial charge in [-0.25, -0.2) is 5.43 Å². The van der Waals surface area contributed by atoms with Crippen molar-refractivity contribution in [3.8, 4) is 0 Å². The van der Waals surface area contributed by atoms with E-state index in [2.05, 4.69) is 15.8 Å². The quantitative estimate of drug-likeness (QED) is 0.393. The lowest BCUT2D eigenvalue weighted by Crippen LogP contribution is -2.31. The molecule has 7 nitrogen and oxygen atoms in total. The van der Waals surface area contributed by atoms with Crippen molar-refractivity contribution in [2.24, 2.45) is 16.9 Å². The third kappa shape index (κ3) is 7.21. The highest BCUT2D eigenvalue weighted by Crippen LogP contribution is 2.15. The molecule has 0 saturated heterocycles. The SMILES string of the molecule is CCCC(=O)Nc1ccc(C(=O)N/N=C(\C)C(C(=O)OCC)C(C)C)cc1. The van der Waals surface area contributed by atoms with Gasteiger partial charge in [-0.05, 0) is 50.5 Å². The summed E-state index contributed by atoms with van der Waals surface area (Å²) >= 11 is 0. The van der Waals surface area contributed by atoms with Gasteiger partial charge in [0.25, 0.3) is 5.91 Å². The summed E-state index contributed by atoms with van der Waals surface area (Å²) in [4.78, 5) is 35.9. The Labute approximate surface area is 160 Å². The number of ether oxygens (including phenoxy) is 1. The van der Waals surface area contributed by atoms with Gasteiger partial charge in [0.1, 0.15) is 0 Å². The zero-order valence-electron chi connectivity index (χ0n) is 16.7. The lowest BCUT2D eigenvalue weighted by atomic mass is 9.92. The number of hydrazone groups is 1. The summed E-state index contributed by atoms with van der Waals surface area (Å²) in [6.07, 6.45) is 1.22. The number of hydrogen-bond donors (Lipinski definition) is 2. The molecule has 0 aliphatic carbocycles. The predicted molar refractivity (Wildman–Crippen MR) is 106 cm³/mol. The van der Waals surface area contributed by atoms with Gasteiger partial charge in [-0.15, -0.1) is 0 Å². The van der Waals surface area contributed by atoms with E-state index in [0.29, 0.717) is 30.0 Å². The predicted octanol–water partition coefficient (Wildman–Crippen LogP) is 3.37. The molecule has 0 heterocycles. The van der Waals surface area contributed by atoms with Crippen LogP contribution in [-0.4, -0.2) is 30.1 Å². The summed E-state index contributed by atoms with van der Waals surface area (Å²) in [6.45, 7) is 9.46. The van der Waals surface area contributed by atoms with Gasteiger partial charge in [-0.1, -0.05) is 20.8 Å². The van der Waals surface area contributed by atoms with E-state index in [0.717, 1.165) is 6.42 Å². The molecule has 1 aromatic carbocycles. The molecule has 0 fully saturated rings. The third-order valence-electron chi connectivity index (χ3n) is 3.90. The van der Waals surface area contributed by atoms with E-state index in [9.17, 15) is 14.4 Å². The molecular weight excluding hydrogens is 346 g/mol. The molecule has 7 heteroatoms. The molecule has 0 radical (unpaired) electrons. The maximum atomic E-state index is 12.3. The van der Waals surface area contributed by atoms with E-state index in [-0.39, 0.29) is 17.8 Å². The van der Waals surface area contributed by atoms with Gasteiger partial charge in [-0.2, -0.15) is 5.10 Å². The monoisotopic (exact) mass is 375 g/mol. The normalized spacial score (nSPS) is 12.4. The summed E-state index contributed by atoms with van der Waals surface area (Å²) < 4.78 is 5.07. The number of hydrogen-bond acceptors (Lipinski definition) is 5. The van der Waals surface area contributed by atoms with Crippen molar-refractivity contribution in [2.75, 3.05) is 11.9 Å². The molecule has 2 amide bonds. The van der Waals surface area contributed by atoms with Crippen LogP contribution in [0.15, 0.2) is 29.4 Å². The van der Waals surface area contributed by atoms with Gasteiger partial charge in [-0.3, -0.25) is 14.4 Å². The second-order valence-electron chi connectivity index (χ2n) is 6.54. The van der Waals surface area contributed by atoms with Crippen LogP contribution in [0, 0.1) is 11.8 Å². The first-order valence-electron chi connectivity index (χ1n) is 9.21. The molecule has 1 aromatic rings. The number of esters is 1. The molecule has 0 saturated carbocycles. The molecule has 1 atom stereocenters. The van der Waals surface area contributed by atoms with Crippen molar-refractivity contribution in [1.82, 2.24) is 5.43 Å². The zero-order valence-corrected chi connectivity index (χ0v) is 16.7. The van der Waals surface area contributed by atoms with Crippen LogP contribution in [0.5, 0.6) is 0 Å². The maximum Gasteiger partial charge on any atom is 0.314 e. The number of nitrogens with one attached hydrogen (secondary N) is 2. The van der Waals surface area contributed by atoms with Crippen molar-refractivity contribution in [3.63, 3.8) is 0 Å². The van der Waals surface area contributed by atoms with Crippen molar-refractivity contribution >= 4 is 29.2 Å². The molecule has 27 heavy (non-hydrogen) atoms. The first-order chi connectivity index (χ1) is 12.8. The van der Waals surface area contributed by atoms with Gasteiger partial charge in [0.15, 0.2) is 0 Å². The van der Waals surface area contributed by atoms with Crippen LogP contribution in [0.2, 0.25) is 0 Å². The zero-order chi connectivity index (χ0) is 20.4. The minimum atomic E-state index is -0.513. The number of rotatable bonds is 9. The first kappa shape index (κ1) is 22.3. The highest BCUT2D eigenvalue weighted by Gasteiger charge is 2.26. The van der Waals surface area contributed by atoms with Gasteiger partial charge in [0.05, 0.1) is 12.5 Å². The van der Waals surface area contributed by atoms with Gasteiger partial charge in [0.2, 0.25) is 5.91 Å². The van der Waals surface area contributed by atoms with Crippen LogP contribution in [0.3, 0.4) is 0 Å². The minimum absolute atomic E-state index is 0.00397. The van der Waals surface area contributed by atoms with E-state index < -0.39 is 11.8 Å². The van der Waals surface area contributed by atoms with E-state index in [1.54, 1.807) is 38.1 Å². The fraction of sp³-hybridized carbons (Fsp3) is 0.500. The lowest BCUT2D eigenvalue weighted by Gasteiger charge is -2.18. The van der Waals surface area contributed by atoms with Crippen molar-refractivity contribution < 1.29 is 19.1 Å². The van der Waals surface area contributed by atoms with Crippen LogP contribution >= 0.6 is 0 Å². The Morgan fingerprint density at radius 2 is 1.74 bits per heavy atom. The Kier molecular flexibility index (Phi) is 9.19. The molecule has 0 bridgehead atoms. The summed E-state index contributed by atoms with van der Waals surface area (Å²) in [5, 5.41) is 6.83. The number of anilines is 1. The molecule has 0 spiro atoms. The van der Waals surface area contributed by atoms with Crippen LogP contribution in [0.1, 0.15) is 57.8 Å². The fourth-order valence-electron chi connectivity index (χ4n) is 2.59. The van der Waals surface area contributed by atoms with Crippen molar-refractivity contribution in [1.29, 1.82) is 0 Å². The highest BCUT2D eigenvalue weighted by atomic mass is 16.5. The summed E-state index contributed by atoms with van der Waals surface area (Å²) in [5.41, 5.74) is 3.98. The Balaban J connectivity index is 2.75. The fourth-order valence-corrected chi connectivity index (χ4v) is 2.59. The second kappa shape index (κ2) is 11.1. The molecule has 148 valence electrons. The van der Waals surface area contributed by atoms with E-state index in [1.165, 1.54) is 0 Å². The minimum Gasteiger partial charge on any atom is -0.465 e. The first-order valence-corrected chi connectivity index (χ1v) is 9.21. The Bertz CT molecular complexity index is 681. The molecule has 2 N–H and O–H groups in total. The van der Waals surface area contributed by atoms with E-state index in [4.69, 9.17) is 4.74 Å². The third-order valence-corrected chi connectivity index (χ3v) is 3.90. The van der Waals surface area contributed by atoms with Crippen LogP contribution < -0.4 is 10.7 Å². The van der Waals surface area contributed by atoms with Crippen LogP contribution in [0.4, 0.5) is 5.69 Å². The van der Waals surface area contributed by atoms with Crippen molar-refractivity contribution in [2.45, 2.75) is 47.5 Å². The molecule has 0 aliphatic rings. The summed E-state index contributed by atoms with van der Waals surface area (Å²) in [5.74, 6) is -1.33. The molecule has 0 aliphatic heterocycles.